The fraction of sp³-hybridized carbons (Fsp3) is 0.400. The lowest BCUT2D eigenvalue weighted by Crippen LogP contribution is -2.24. The van der Waals surface area contributed by atoms with Crippen LogP contribution in [0.2, 0.25) is 0 Å². The molecule has 0 saturated carbocycles. The van der Waals surface area contributed by atoms with Crippen molar-refractivity contribution in [2.45, 2.75) is 13.8 Å². The van der Waals surface area contributed by atoms with E-state index in [2.05, 4.69) is 6.07 Å². The van der Waals surface area contributed by atoms with Gasteiger partial charge in [-0.1, -0.05) is 42.8 Å². The van der Waals surface area contributed by atoms with Gasteiger partial charge in [0.05, 0.1) is 0 Å². The molecule has 0 spiro atoms. The molecule has 1 unspecified atom stereocenters. The topological polar surface area (TPSA) is 20.3 Å². The van der Waals surface area contributed by atoms with Crippen LogP contribution < -0.4 is 0 Å². The molecule has 0 saturated heterocycles. The van der Waals surface area contributed by atoms with E-state index in [0.29, 0.717) is 0 Å². The number of halogens is 1. The molecule has 1 rings (SSSR count). The van der Waals surface area contributed by atoms with Crippen LogP contribution in [0.25, 0.3) is 6.08 Å². The minimum absolute atomic E-state index is 0. The van der Waals surface area contributed by atoms with Gasteiger partial charge in [-0.25, -0.2) is 0 Å². The van der Waals surface area contributed by atoms with Crippen LogP contribution in [-0.2, 0) is 4.79 Å². The lowest BCUT2D eigenvalue weighted by Gasteiger charge is -2.13. The maximum atomic E-state index is 11.8. The summed E-state index contributed by atoms with van der Waals surface area (Å²) in [6, 6.07) is 8.13. The molecule has 0 bridgehead atoms. The average molecular weight is 268 g/mol. The Balaban J connectivity index is 0.00000289. The van der Waals surface area contributed by atoms with Gasteiger partial charge in [-0.3, -0.25) is 4.79 Å². The number of ketones is 1. The molecule has 18 heavy (non-hydrogen) atoms. The van der Waals surface area contributed by atoms with E-state index in [9.17, 15) is 4.79 Å². The van der Waals surface area contributed by atoms with Gasteiger partial charge in [-0.05, 0) is 32.7 Å². The molecule has 1 aromatic carbocycles. The van der Waals surface area contributed by atoms with Gasteiger partial charge in [0, 0.05) is 12.5 Å². The number of hydrogen-bond donors (Lipinski definition) is 0. The highest BCUT2D eigenvalue weighted by molar-refractivity contribution is 5.95. The summed E-state index contributed by atoms with van der Waals surface area (Å²) in [5.41, 5.74) is 2.29. The van der Waals surface area contributed by atoms with Crippen molar-refractivity contribution in [1.29, 1.82) is 0 Å². The number of benzene rings is 1. The highest BCUT2D eigenvalue weighted by Crippen LogP contribution is 2.07. The first-order chi connectivity index (χ1) is 7.99. The molecule has 0 fully saturated rings. The molecule has 1 aromatic rings. The van der Waals surface area contributed by atoms with Crippen molar-refractivity contribution >= 4 is 24.3 Å². The Labute approximate surface area is 116 Å². The van der Waals surface area contributed by atoms with Gasteiger partial charge in [-0.2, -0.15) is 0 Å². The predicted octanol–water partition coefficient (Wildman–Crippen LogP) is 3.20. The fourth-order valence-electron chi connectivity index (χ4n) is 1.75. The number of allylic oxidation sites excluding steroid dienone is 1. The minimum Gasteiger partial charge on any atom is -0.309 e. The van der Waals surface area contributed by atoms with Crippen molar-refractivity contribution < 1.29 is 4.79 Å². The zero-order valence-corrected chi connectivity index (χ0v) is 12.3. The van der Waals surface area contributed by atoms with Crippen LogP contribution in [0, 0.1) is 12.8 Å². The number of nitrogens with zero attached hydrogens (tertiary/aromatic N) is 1. The van der Waals surface area contributed by atoms with Gasteiger partial charge in [0.2, 0.25) is 0 Å². The molecule has 1 atom stereocenters. The molecule has 0 amide bonds. The molecule has 0 N–H and O–H groups in total. The first-order valence-electron chi connectivity index (χ1n) is 5.92. The van der Waals surface area contributed by atoms with Crippen LogP contribution in [0.1, 0.15) is 18.1 Å². The van der Waals surface area contributed by atoms with Crippen LogP contribution in [0.3, 0.4) is 0 Å². The minimum atomic E-state index is 0. The average Bonchev–Trinajstić information content (AvgIpc) is 2.25. The van der Waals surface area contributed by atoms with Gasteiger partial charge in [0.1, 0.15) is 0 Å². The summed E-state index contributed by atoms with van der Waals surface area (Å²) in [5, 5.41) is 0. The van der Waals surface area contributed by atoms with E-state index in [1.165, 1.54) is 5.56 Å². The Morgan fingerprint density at radius 3 is 2.61 bits per heavy atom. The van der Waals surface area contributed by atoms with Crippen LogP contribution in [-0.4, -0.2) is 31.3 Å². The molecule has 0 aliphatic heterocycles. The molecule has 0 heterocycles. The predicted molar refractivity (Wildman–Crippen MR) is 80.2 cm³/mol. The van der Waals surface area contributed by atoms with E-state index >= 15 is 0 Å². The molecular formula is C15H22ClNO. The normalized spacial score (nSPS) is 12.5. The second kappa shape index (κ2) is 8.06. The third-order valence-electron chi connectivity index (χ3n) is 2.61. The van der Waals surface area contributed by atoms with Crippen molar-refractivity contribution in [3.05, 3.63) is 41.5 Å². The van der Waals surface area contributed by atoms with Crippen LogP contribution in [0.5, 0.6) is 0 Å². The maximum absolute atomic E-state index is 11.8. The molecule has 0 aliphatic carbocycles. The molecule has 2 nitrogen and oxygen atoms in total. The molecular weight excluding hydrogens is 246 g/mol. The SMILES string of the molecule is Cc1cccc(/C=C/C(=O)C(C)CN(C)C)c1.Cl. The summed E-state index contributed by atoms with van der Waals surface area (Å²) >= 11 is 0. The van der Waals surface area contributed by atoms with Gasteiger partial charge in [0.25, 0.3) is 0 Å². The maximum Gasteiger partial charge on any atom is 0.159 e. The monoisotopic (exact) mass is 267 g/mol. The fourth-order valence-corrected chi connectivity index (χ4v) is 1.75. The highest BCUT2D eigenvalue weighted by Gasteiger charge is 2.10. The molecule has 3 heteroatoms. The third kappa shape index (κ3) is 5.99. The summed E-state index contributed by atoms with van der Waals surface area (Å²) in [7, 11) is 3.96. The van der Waals surface area contributed by atoms with E-state index in [0.717, 1.165) is 12.1 Å². The van der Waals surface area contributed by atoms with Crippen molar-refractivity contribution in [3.63, 3.8) is 0 Å². The second-order valence-corrected chi connectivity index (χ2v) is 4.81. The Hall–Kier alpha value is -1.12. The Kier molecular flexibility index (Phi) is 7.56. The molecule has 100 valence electrons. The van der Waals surface area contributed by atoms with E-state index in [-0.39, 0.29) is 24.1 Å². The zero-order valence-electron chi connectivity index (χ0n) is 11.5. The van der Waals surface area contributed by atoms with Crippen molar-refractivity contribution in [1.82, 2.24) is 4.90 Å². The highest BCUT2D eigenvalue weighted by atomic mass is 35.5. The van der Waals surface area contributed by atoms with Gasteiger partial charge < -0.3 is 4.90 Å². The van der Waals surface area contributed by atoms with E-state index in [1.54, 1.807) is 6.08 Å². The number of hydrogen-bond acceptors (Lipinski definition) is 2. The summed E-state index contributed by atoms with van der Waals surface area (Å²) in [6.07, 6.45) is 3.57. The number of carbonyl (C=O) groups is 1. The van der Waals surface area contributed by atoms with Crippen molar-refractivity contribution in [2.75, 3.05) is 20.6 Å². The first kappa shape index (κ1) is 16.9. The lowest BCUT2D eigenvalue weighted by molar-refractivity contribution is -0.118. The van der Waals surface area contributed by atoms with Gasteiger partial charge >= 0.3 is 0 Å². The zero-order chi connectivity index (χ0) is 12.8. The van der Waals surface area contributed by atoms with Gasteiger partial charge in [0.15, 0.2) is 5.78 Å². The van der Waals surface area contributed by atoms with Crippen LogP contribution >= 0.6 is 12.4 Å². The van der Waals surface area contributed by atoms with Crippen molar-refractivity contribution in [3.8, 4) is 0 Å². The number of rotatable bonds is 5. The summed E-state index contributed by atoms with van der Waals surface area (Å²) < 4.78 is 0. The first-order valence-corrected chi connectivity index (χ1v) is 5.92. The second-order valence-electron chi connectivity index (χ2n) is 4.81. The van der Waals surface area contributed by atoms with E-state index in [1.807, 2.05) is 57.1 Å². The molecule has 0 aliphatic rings. The smallest absolute Gasteiger partial charge is 0.159 e. The van der Waals surface area contributed by atoms with E-state index < -0.39 is 0 Å². The number of carbonyl (C=O) groups excluding carboxylic acids is 1. The Morgan fingerprint density at radius 2 is 2.06 bits per heavy atom. The summed E-state index contributed by atoms with van der Waals surface area (Å²) in [6.45, 7) is 4.80. The van der Waals surface area contributed by atoms with Crippen LogP contribution in [0.4, 0.5) is 0 Å². The lowest BCUT2D eigenvalue weighted by atomic mass is 10.0. The van der Waals surface area contributed by atoms with Gasteiger partial charge in [-0.15, -0.1) is 12.4 Å². The summed E-state index contributed by atoms with van der Waals surface area (Å²) in [5.74, 6) is 0.228. The largest absolute Gasteiger partial charge is 0.309 e. The summed E-state index contributed by atoms with van der Waals surface area (Å²) in [4.78, 5) is 13.9. The Bertz CT molecular complexity index is 413. The van der Waals surface area contributed by atoms with Crippen molar-refractivity contribution in [2.24, 2.45) is 5.92 Å². The molecule has 0 aromatic heterocycles. The van der Waals surface area contributed by atoms with Crippen LogP contribution in [0.15, 0.2) is 30.3 Å². The third-order valence-corrected chi connectivity index (χ3v) is 2.61. The number of aryl methyl sites for hydroxylation is 1. The molecule has 0 radical (unpaired) electrons. The standard InChI is InChI=1S/C15H21NO.ClH/c1-12-6-5-7-14(10-12)8-9-15(17)13(2)11-16(3)4;/h5-10,13H,11H2,1-4H3;1H/b9-8+;. The quantitative estimate of drug-likeness (QED) is 0.764. The Morgan fingerprint density at radius 1 is 1.39 bits per heavy atom. The van der Waals surface area contributed by atoms with E-state index in [4.69, 9.17) is 0 Å².